The van der Waals surface area contributed by atoms with Crippen molar-refractivity contribution in [3.63, 3.8) is 0 Å². The van der Waals surface area contributed by atoms with Gasteiger partial charge in [0, 0.05) is 5.56 Å². The summed E-state index contributed by atoms with van der Waals surface area (Å²) in [4.78, 5) is 0.256. The molecule has 1 aromatic rings. The Morgan fingerprint density at radius 1 is 1.29 bits per heavy atom. The van der Waals surface area contributed by atoms with Crippen molar-refractivity contribution in [1.82, 2.24) is 0 Å². The Kier molecular flexibility index (Phi) is 5.71. The second-order valence-corrected chi connectivity index (χ2v) is 9.32. The Morgan fingerprint density at radius 3 is 2.46 bits per heavy atom. The molecule has 0 aliphatic carbocycles. The van der Waals surface area contributed by atoms with Crippen LogP contribution in [0, 0.1) is 5.92 Å². The molecule has 1 aliphatic heterocycles. The van der Waals surface area contributed by atoms with E-state index in [4.69, 9.17) is 4.74 Å². The average molecular weight is 358 g/mol. The Hall–Kier alpha value is -0.990. The second kappa shape index (κ2) is 7.09. The highest BCUT2D eigenvalue weighted by molar-refractivity contribution is 7.91. The van der Waals surface area contributed by atoms with Crippen LogP contribution in [0.1, 0.15) is 19.4 Å². The summed E-state index contributed by atoms with van der Waals surface area (Å²) in [6.45, 7) is 5.70. The number of hydrogen-bond donors (Lipinski definition) is 2. The zero-order valence-electron chi connectivity index (χ0n) is 14.6. The lowest BCUT2D eigenvalue weighted by molar-refractivity contribution is -0.930. The molecule has 0 amide bonds. The number of benzene rings is 1. The Morgan fingerprint density at radius 2 is 1.92 bits per heavy atom. The monoisotopic (exact) mass is 358 g/mol. The Labute approximate surface area is 144 Å². The number of hydrogen-bond acceptors (Lipinski definition) is 5. The molecule has 0 spiro atoms. The fourth-order valence-corrected chi connectivity index (χ4v) is 4.76. The lowest BCUT2D eigenvalue weighted by Crippen LogP contribution is -2.60. The zero-order valence-corrected chi connectivity index (χ0v) is 15.4. The number of aliphatic hydroxyl groups excluding tert-OH is 1. The highest BCUT2D eigenvalue weighted by Gasteiger charge is 2.44. The summed E-state index contributed by atoms with van der Waals surface area (Å²) < 4.78 is 30.6. The van der Waals surface area contributed by atoms with Crippen molar-refractivity contribution in [3.05, 3.63) is 29.8 Å². The van der Waals surface area contributed by atoms with Gasteiger partial charge in [0.2, 0.25) is 5.79 Å². The first-order chi connectivity index (χ1) is 11.1. The van der Waals surface area contributed by atoms with Crippen molar-refractivity contribution in [3.8, 4) is 0 Å². The first-order valence-corrected chi connectivity index (χ1v) is 9.89. The van der Waals surface area contributed by atoms with Crippen molar-refractivity contribution in [1.29, 1.82) is 0 Å². The normalized spacial score (nSPS) is 28.2. The molecule has 0 radical (unpaired) electrons. The summed E-state index contributed by atoms with van der Waals surface area (Å²) in [6, 6.07) is 6.28. The molecule has 0 aromatic heterocycles. The SMILES string of the molecule is CC(C)CS(=O)(=O)c1ccc([C@]2(O)C[N+](C)(CCO)CCO2)cc1. The van der Waals surface area contributed by atoms with Crippen molar-refractivity contribution in [2.45, 2.75) is 24.5 Å². The largest absolute Gasteiger partial charge is 0.391 e. The van der Waals surface area contributed by atoms with E-state index < -0.39 is 15.6 Å². The topological polar surface area (TPSA) is 83.8 Å². The van der Waals surface area contributed by atoms with Crippen molar-refractivity contribution >= 4 is 9.84 Å². The summed E-state index contributed by atoms with van der Waals surface area (Å²) in [7, 11) is -1.35. The van der Waals surface area contributed by atoms with E-state index >= 15 is 0 Å². The van der Waals surface area contributed by atoms with E-state index in [2.05, 4.69) is 0 Å². The number of aliphatic hydroxyl groups is 2. The van der Waals surface area contributed by atoms with Crippen molar-refractivity contribution in [2.75, 3.05) is 45.6 Å². The van der Waals surface area contributed by atoms with Crippen LogP contribution in [-0.4, -0.2) is 68.8 Å². The predicted octanol–water partition coefficient (Wildman–Crippen LogP) is 0.730. The minimum absolute atomic E-state index is 0.0406. The van der Waals surface area contributed by atoms with Gasteiger partial charge >= 0.3 is 0 Å². The third-order valence-electron chi connectivity index (χ3n) is 4.43. The molecule has 1 fully saturated rings. The fraction of sp³-hybridized carbons (Fsp3) is 0.647. The molecule has 1 saturated heterocycles. The molecule has 0 saturated carbocycles. The molecule has 2 N–H and O–H groups in total. The van der Waals surface area contributed by atoms with E-state index in [1.165, 1.54) is 12.1 Å². The molecule has 136 valence electrons. The van der Waals surface area contributed by atoms with E-state index in [0.29, 0.717) is 36.3 Å². The van der Waals surface area contributed by atoms with E-state index in [9.17, 15) is 18.6 Å². The zero-order chi connectivity index (χ0) is 18.0. The molecule has 1 heterocycles. The summed E-state index contributed by atoms with van der Waals surface area (Å²) in [5.41, 5.74) is 0.535. The maximum atomic E-state index is 12.3. The summed E-state index contributed by atoms with van der Waals surface area (Å²) in [6.07, 6.45) is 0. The molecule has 2 atom stereocenters. The maximum Gasteiger partial charge on any atom is 0.243 e. The number of rotatable bonds is 6. The van der Waals surface area contributed by atoms with Crippen LogP contribution in [0.3, 0.4) is 0 Å². The molecule has 1 aromatic carbocycles. The lowest BCUT2D eigenvalue weighted by atomic mass is 10.0. The van der Waals surface area contributed by atoms with E-state index in [1.54, 1.807) is 12.1 Å². The van der Waals surface area contributed by atoms with Gasteiger partial charge in [0.15, 0.2) is 9.84 Å². The number of likely N-dealkylation sites (N-methyl/N-ethyl adjacent to an activating group) is 1. The summed E-state index contributed by atoms with van der Waals surface area (Å²) in [5.74, 6) is -1.32. The minimum Gasteiger partial charge on any atom is -0.391 e. The van der Waals surface area contributed by atoms with Gasteiger partial charge in [-0.2, -0.15) is 0 Å². The Bertz CT molecular complexity index is 654. The smallest absolute Gasteiger partial charge is 0.243 e. The summed E-state index contributed by atoms with van der Waals surface area (Å²) in [5, 5.41) is 20.1. The molecule has 2 rings (SSSR count). The van der Waals surface area contributed by atoms with Gasteiger partial charge in [-0.25, -0.2) is 8.42 Å². The van der Waals surface area contributed by atoms with Crippen LogP contribution in [0.15, 0.2) is 29.2 Å². The highest BCUT2D eigenvalue weighted by atomic mass is 32.2. The molecule has 1 unspecified atom stereocenters. The van der Waals surface area contributed by atoms with Crippen LogP contribution in [0.2, 0.25) is 0 Å². The highest BCUT2D eigenvalue weighted by Crippen LogP contribution is 2.30. The van der Waals surface area contributed by atoms with Gasteiger partial charge < -0.3 is 19.4 Å². The van der Waals surface area contributed by atoms with Gasteiger partial charge in [0.05, 0.1) is 30.9 Å². The van der Waals surface area contributed by atoms with Crippen molar-refractivity contribution < 1.29 is 27.9 Å². The van der Waals surface area contributed by atoms with E-state index in [0.717, 1.165) is 0 Å². The van der Waals surface area contributed by atoms with E-state index in [-0.39, 0.29) is 23.2 Å². The molecule has 7 heteroatoms. The molecule has 0 bridgehead atoms. The van der Waals surface area contributed by atoms with Gasteiger partial charge in [0.1, 0.15) is 19.6 Å². The number of ether oxygens (including phenoxy) is 1. The van der Waals surface area contributed by atoms with Gasteiger partial charge in [-0.1, -0.05) is 26.0 Å². The quantitative estimate of drug-likeness (QED) is 0.733. The molecule has 1 aliphatic rings. The Balaban J connectivity index is 2.24. The van der Waals surface area contributed by atoms with Crippen LogP contribution in [0.5, 0.6) is 0 Å². The van der Waals surface area contributed by atoms with Crippen molar-refractivity contribution in [2.24, 2.45) is 5.92 Å². The number of nitrogens with zero attached hydrogens (tertiary/aromatic N) is 1. The van der Waals surface area contributed by atoms with Gasteiger partial charge in [-0.15, -0.1) is 0 Å². The number of quaternary nitrogens is 1. The van der Waals surface area contributed by atoms with Gasteiger partial charge in [-0.3, -0.25) is 0 Å². The summed E-state index contributed by atoms with van der Waals surface area (Å²) >= 11 is 0. The van der Waals surface area contributed by atoms with Crippen LogP contribution < -0.4 is 0 Å². The van der Waals surface area contributed by atoms with Gasteiger partial charge in [0.25, 0.3) is 0 Å². The van der Waals surface area contributed by atoms with Crippen LogP contribution in [0.4, 0.5) is 0 Å². The first-order valence-electron chi connectivity index (χ1n) is 8.24. The minimum atomic E-state index is -3.32. The average Bonchev–Trinajstić information content (AvgIpc) is 2.46. The van der Waals surface area contributed by atoms with Crippen LogP contribution in [0.25, 0.3) is 0 Å². The molecule has 6 nitrogen and oxygen atoms in total. The molecular formula is C17H28NO5S+. The molecule has 24 heavy (non-hydrogen) atoms. The molecular weight excluding hydrogens is 330 g/mol. The lowest BCUT2D eigenvalue weighted by Gasteiger charge is -2.44. The predicted molar refractivity (Wildman–Crippen MR) is 91.1 cm³/mol. The standard InChI is InChI=1S/C17H28NO5S/c1-14(2)12-24(21,22)16-6-4-15(5-7-16)17(20)13-18(3,8-10-19)9-11-23-17/h4-7,14,19-20H,8-13H2,1-3H3/q+1/t17-,18?/m0/s1. The fourth-order valence-electron chi connectivity index (χ4n) is 3.14. The third kappa shape index (κ3) is 4.34. The number of sulfone groups is 1. The first kappa shape index (κ1) is 19.3. The van der Waals surface area contributed by atoms with Gasteiger partial charge in [-0.05, 0) is 18.1 Å². The van der Waals surface area contributed by atoms with E-state index in [1.807, 2.05) is 20.9 Å². The van der Waals surface area contributed by atoms with Crippen LogP contribution >= 0.6 is 0 Å². The third-order valence-corrected chi connectivity index (χ3v) is 6.52. The van der Waals surface area contributed by atoms with Crippen LogP contribution in [-0.2, 0) is 20.4 Å². The maximum absolute atomic E-state index is 12.3. The number of morpholine rings is 1. The second-order valence-electron chi connectivity index (χ2n) is 7.28.